The Labute approximate surface area is 117 Å². The predicted molar refractivity (Wildman–Crippen MR) is 78.2 cm³/mol. The Kier molecular flexibility index (Phi) is 5.02. The summed E-state index contributed by atoms with van der Waals surface area (Å²) in [5.41, 5.74) is 2.38. The molecule has 0 aliphatic heterocycles. The highest BCUT2D eigenvalue weighted by atomic mass is 35.5. The lowest BCUT2D eigenvalue weighted by atomic mass is 10.1. The first-order valence-electron chi connectivity index (χ1n) is 6.54. The maximum atomic E-state index is 12.4. The molecule has 1 atom stereocenters. The van der Waals surface area contributed by atoms with Gasteiger partial charge in [0.15, 0.2) is 0 Å². The summed E-state index contributed by atoms with van der Waals surface area (Å²) < 4.78 is 13.0. The first kappa shape index (κ1) is 13.8. The van der Waals surface area contributed by atoms with Crippen molar-refractivity contribution in [3.63, 3.8) is 0 Å². The van der Waals surface area contributed by atoms with Crippen LogP contribution in [0.4, 0.5) is 0 Å². The van der Waals surface area contributed by atoms with Crippen LogP contribution in [0.15, 0.2) is 39.1 Å². The van der Waals surface area contributed by atoms with Crippen LogP contribution in [-0.4, -0.2) is 4.21 Å². The average Bonchev–Trinajstić information content (AvgIpc) is 2.67. The molecular formula is C15H19ClOS. The molecule has 0 saturated heterocycles. The highest BCUT2D eigenvalue weighted by Gasteiger charge is 2.15. The molecule has 0 heterocycles. The molecule has 1 aromatic carbocycles. The van der Waals surface area contributed by atoms with Gasteiger partial charge in [0.05, 0.1) is 10.8 Å². The van der Waals surface area contributed by atoms with Gasteiger partial charge >= 0.3 is 0 Å². The van der Waals surface area contributed by atoms with Gasteiger partial charge < -0.3 is 0 Å². The van der Waals surface area contributed by atoms with Crippen LogP contribution in [0.1, 0.15) is 44.1 Å². The minimum Gasteiger partial charge on any atom is -0.248 e. The lowest BCUT2D eigenvalue weighted by Gasteiger charge is -2.08. The van der Waals surface area contributed by atoms with Crippen LogP contribution in [0, 0.1) is 6.92 Å². The van der Waals surface area contributed by atoms with Gasteiger partial charge in [-0.15, -0.1) is 0 Å². The van der Waals surface area contributed by atoms with E-state index in [4.69, 9.17) is 11.6 Å². The van der Waals surface area contributed by atoms with Crippen molar-refractivity contribution in [3.05, 3.63) is 39.8 Å². The van der Waals surface area contributed by atoms with Gasteiger partial charge in [-0.3, -0.25) is 0 Å². The zero-order valence-electron chi connectivity index (χ0n) is 10.7. The second-order valence-corrected chi connectivity index (χ2v) is 6.89. The van der Waals surface area contributed by atoms with Crippen molar-refractivity contribution in [2.45, 2.75) is 50.3 Å². The smallest absolute Gasteiger partial charge is 0.109 e. The fourth-order valence-electron chi connectivity index (χ4n) is 2.25. The van der Waals surface area contributed by atoms with E-state index in [1.54, 1.807) is 0 Å². The van der Waals surface area contributed by atoms with Gasteiger partial charge in [-0.25, -0.2) is 4.21 Å². The second kappa shape index (κ2) is 6.53. The van der Waals surface area contributed by atoms with Crippen LogP contribution in [0.25, 0.3) is 0 Å². The molecule has 0 spiro atoms. The third kappa shape index (κ3) is 3.46. The Balaban J connectivity index is 2.21. The van der Waals surface area contributed by atoms with Crippen LogP contribution in [0.2, 0.25) is 0 Å². The molecule has 98 valence electrons. The Morgan fingerprint density at radius 3 is 2.17 bits per heavy atom. The first-order valence-corrected chi connectivity index (χ1v) is 8.07. The molecule has 1 aliphatic rings. The van der Waals surface area contributed by atoms with Crippen LogP contribution in [0.3, 0.4) is 0 Å². The van der Waals surface area contributed by atoms with Gasteiger partial charge in [0.25, 0.3) is 0 Å². The van der Waals surface area contributed by atoms with E-state index >= 15 is 0 Å². The lowest BCUT2D eigenvalue weighted by Crippen LogP contribution is -1.96. The number of aryl methyl sites for hydroxylation is 1. The van der Waals surface area contributed by atoms with E-state index in [1.165, 1.54) is 36.8 Å². The third-order valence-electron chi connectivity index (χ3n) is 3.38. The van der Waals surface area contributed by atoms with E-state index in [1.807, 2.05) is 31.2 Å². The highest BCUT2D eigenvalue weighted by molar-refractivity contribution is 7.90. The number of allylic oxidation sites excluding steroid dienone is 1. The summed E-state index contributed by atoms with van der Waals surface area (Å²) in [6.45, 7) is 2.03. The SMILES string of the molecule is Cc1ccc(S(=O)C(Cl)=C2CCCCCC2)cc1. The number of hydrogen-bond donors (Lipinski definition) is 0. The van der Waals surface area contributed by atoms with Gasteiger partial charge in [0.2, 0.25) is 0 Å². The summed E-state index contributed by atoms with van der Waals surface area (Å²) in [6.07, 6.45) is 6.91. The van der Waals surface area contributed by atoms with E-state index in [2.05, 4.69) is 0 Å². The Morgan fingerprint density at radius 1 is 1.06 bits per heavy atom. The molecule has 1 saturated carbocycles. The quantitative estimate of drug-likeness (QED) is 0.705. The maximum Gasteiger partial charge on any atom is 0.109 e. The van der Waals surface area contributed by atoms with E-state index in [0.717, 1.165) is 17.7 Å². The normalized spacial score (nSPS) is 18.2. The molecule has 1 aromatic rings. The van der Waals surface area contributed by atoms with Gasteiger partial charge in [0.1, 0.15) is 4.36 Å². The Morgan fingerprint density at radius 2 is 1.61 bits per heavy atom. The van der Waals surface area contributed by atoms with Crippen molar-refractivity contribution >= 4 is 22.4 Å². The molecule has 0 radical (unpaired) electrons. The predicted octanol–water partition coefficient (Wildman–Crippen LogP) is 4.91. The van der Waals surface area contributed by atoms with Crippen LogP contribution in [-0.2, 0) is 10.8 Å². The fourth-order valence-corrected chi connectivity index (χ4v) is 3.76. The van der Waals surface area contributed by atoms with E-state index in [-0.39, 0.29) is 0 Å². The van der Waals surface area contributed by atoms with Crippen molar-refractivity contribution in [2.75, 3.05) is 0 Å². The molecule has 2 rings (SSSR count). The van der Waals surface area contributed by atoms with Gasteiger partial charge in [-0.1, -0.05) is 42.1 Å². The van der Waals surface area contributed by atoms with Crippen molar-refractivity contribution in [3.8, 4) is 0 Å². The largest absolute Gasteiger partial charge is 0.248 e. The van der Waals surface area contributed by atoms with Crippen molar-refractivity contribution in [1.29, 1.82) is 0 Å². The van der Waals surface area contributed by atoms with Crippen molar-refractivity contribution in [2.24, 2.45) is 0 Å². The van der Waals surface area contributed by atoms with Gasteiger partial charge in [-0.05, 0) is 50.3 Å². The van der Waals surface area contributed by atoms with Crippen molar-refractivity contribution < 1.29 is 4.21 Å². The maximum absolute atomic E-state index is 12.4. The number of hydrogen-bond acceptors (Lipinski definition) is 1. The van der Waals surface area contributed by atoms with Crippen LogP contribution in [0.5, 0.6) is 0 Å². The molecule has 3 heteroatoms. The highest BCUT2D eigenvalue weighted by Crippen LogP contribution is 2.30. The van der Waals surface area contributed by atoms with Gasteiger partial charge in [-0.2, -0.15) is 0 Å². The molecule has 0 bridgehead atoms. The molecule has 1 fully saturated rings. The van der Waals surface area contributed by atoms with E-state index in [9.17, 15) is 4.21 Å². The summed E-state index contributed by atoms with van der Waals surface area (Å²) in [4.78, 5) is 0.808. The number of rotatable bonds is 2. The molecule has 1 unspecified atom stereocenters. The topological polar surface area (TPSA) is 17.1 Å². The molecule has 0 aromatic heterocycles. The molecule has 1 nitrogen and oxygen atoms in total. The van der Waals surface area contributed by atoms with Crippen molar-refractivity contribution in [1.82, 2.24) is 0 Å². The Bertz CT molecular complexity index is 452. The summed E-state index contributed by atoms with van der Waals surface area (Å²) in [5, 5.41) is 0. The molecule has 0 N–H and O–H groups in total. The fraction of sp³-hybridized carbons (Fsp3) is 0.467. The lowest BCUT2D eigenvalue weighted by molar-refractivity contribution is 0.687. The summed E-state index contributed by atoms with van der Waals surface area (Å²) in [6, 6.07) is 7.78. The standard InChI is InChI=1S/C15H19ClOS/c1-12-8-10-14(11-9-12)18(17)15(16)13-6-4-2-3-5-7-13/h8-11H,2-7H2,1H3. The summed E-state index contributed by atoms with van der Waals surface area (Å²) in [5.74, 6) is 0. The zero-order valence-corrected chi connectivity index (χ0v) is 12.3. The van der Waals surface area contributed by atoms with Gasteiger partial charge in [0, 0.05) is 4.90 Å². The monoisotopic (exact) mass is 282 g/mol. The minimum absolute atomic E-state index is 0.570. The minimum atomic E-state index is -1.20. The van der Waals surface area contributed by atoms with Crippen LogP contribution < -0.4 is 0 Å². The molecule has 18 heavy (non-hydrogen) atoms. The molecular weight excluding hydrogens is 264 g/mol. The zero-order chi connectivity index (χ0) is 13.0. The molecule has 0 amide bonds. The molecule has 1 aliphatic carbocycles. The third-order valence-corrected chi connectivity index (χ3v) is 5.39. The van der Waals surface area contributed by atoms with E-state index in [0.29, 0.717) is 4.36 Å². The summed E-state index contributed by atoms with van der Waals surface area (Å²) >= 11 is 6.34. The first-order chi connectivity index (χ1) is 8.68. The second-order valence-electron chi connectivity index (χ2n) is 4.87. The average molecular weight is 283 g/mol. The van der Waals surface area contributed by atoms with E-state index < -0.39 is 10.8 Å². The number of benzene rings is 1. The Hall–Kier alpha value is -0.600. The van der Waals surface area contributed by atoms with Crippen LogP contribution >= 0.6 is 11.6 Å². The summed E-state index contributed by atoms with van der Waals surface area (Å²) in [7, 11) is -1.20. The number of halogens is 1.